The summed E-state index contributed by atoms with van der Waals surface area (Å²) in [6, 6.07) is 2.92. The van der Waals surface area contributed by atoms with E-state index in [0.717, 1.165) is 0 Å². The number of nitrogens with one attached hydrogen (secondary N) is 2. The molecule has 100 valence electrons. The van der Waals surface area contributed by atoms with E-state index in [-0.39, 0.29) is 17.3 Å². The van der Waals surface area contributed by atoms with Gasteiger partial charge >= 0.3 is 0 Å². The normalized spacial score (nSPS) is 10.7. The Kier molecular flexibility index (Phi) is 3.46. The molecule has 0 unspecified atom stereocenters. The molecule has 0 radical (unpaired) electrons. The smallest absolute Gasteiger partial charge is 0.295 e. The number of amides is 1. The molecule has 0 fully saturated rings. The minimum absolute atomic E-state index is 0.0811. The number of hydrogen-bond donors (Lipinski definition) is 2. The number of nitrogens with zero attached hydrogens (tertiary/aromatic N) is 3. The molecule has 7 nitrogen and oxygen atoms in total. The summed E-state index contributed by atoms with van der Waals surface area (Å²) in [6.07, 6.45) is 1.54. The maximum Gasteiger partial charge on any atom is 0.295 e. The van der Waals surface area contributed by atoms with E-state index in [1.54, 1.807) is 7.05 Å². The first-order chi connectivity index (χ1) is 8.97. The second kappa shape index (κ2) is 5.05. The fourth-order valence-electron chi connectivity index (χ4n) is 1.49. The van der Waals surface area contributed by atoms with E-state index >= 15 is 0 Å². The Balaban J connectivity index is 2.15. The van der Waals surface area contributed by atoms with E-state index in [0.29, 0.717) is 11.5 Å². The largest absolute Gasteiger partial charge is 0.318 e. The second-order valence-corrected chi connectivity index (χ2v) is 4.52. The summed E-state index contributed by atoms with van der Waals surface area (Å²) in [5.41, 5.74) is 0.376. The van der Waals surface area contributed by atoms with Crippen molar-refractivity contribution in [2.24, 2.45) is 7.05 Å². The number of anilines is 1. The zero-order valence-corrected chi connectivity index (χ0v) is 11.0. The molecular formula is C12H15N5O2. The van der Waals surface area contributed by atoms with Gasteiger partial charge in [0, 0.05) is 25.2 Å². The van der Waals surface area contributed by atoms with Crippen LogP contribution in [0.25, 0.3) is 0 Å². The molecule has 0 atom stereocenters. The number of carbonyl (C=O) groups excluding carboxylic acids is 1. The Morgan fingerprint density at radius 1 is 1.42 bits per heavy atom. The van der Waals surface area contributed by atoms with Gasteiger partial charge in [-0.2, -0.15) is 0 Å². The maximum atomic E-state index is 11.9. The van der Waals surface area contributed by atoms with Crippen LogP contribution in [-0.4, -0.2) is 25.7 Å². The quantitative estimate of drug-likeness (QED) is 0.857. The molecule has 2 aromatic rings. The van der Waals surface area contributed by atoms with Crippen molar-refractivity contribution in [1.82, 2.24) is 19.7 Å². The Bertz CT molecular complexity index is 656. The molecule has 0 aromatic carbocycles. The summed E-state index contributed by atoms with van der Waals surface area (Å²) in [5.74, 6) is 0.497. The van der Waals surface area contributed by atoms with Crippen LogP contribution in [0.3, 0.4) is 0 Å². The molecule has 7 heteroatoms. The van der Waals surface area contributed by atoms with Crippen LogP contribution < -0.4 is 10.9 Å². The van der Waals surface area contributed by atoms with Gasteiger partial charge in [-0.05, 0) is 6.07 Å². The number of aromatic amines is 1. The lowest BCUT2D eigenvalue weighted by atomic mass is 10.2. The summed E-state index contributed by atoms with van der Waals surface area (Å²) in [6.45, 7) is 3.91. The summed E-state index contributed by atoms with van der Waals surface area (Å²) >= 11 is 0. The van der Waals surface area contributed by atoms with Gasteiger partial charge in [0.05, 0.1) is 5.69 Å². The highest BCUT2D eigenvalue weighted by Gasteiger charge is 2.14. The fourth-order valence-corrected chi connectivity index (χ4v) is 1.49. The van der Waals surface area contributed by atoms with E-state index in [4.69, 9.17) is 0 Å². The molecular weight excluding hydrogens is 246 g/mol. The van der Waals surface area contributed by atoms with E-state index in [9.17, 15) is 9.59 Å². The van der Waals surface area contributed by atoms with Crippen molar-refractivity contribution in [3.8, 4) is 0 Å². The van der Waals surface area contributed by atoms with E-state index in [2.05, 4.69) is 20.5 Å². The number of rotatable bonds is 3. The van der Waals surface area contributed by atoms with Gasteiger partial charge in [-0.25, -0.2) is 4.98 Å². The third kappa shape index (κ3) is 2.87. The van der Waals surface area contributed by atoms with Crippen molar-refractivity contribution in [3.05, 3.63) is 40.3 Å². The molecule has 1 amide bonds. The van der Waals surface area contributed by atoms with Gasteiger partial charge in [-0.1, -0.05) is 13.8 Å². The lowest BCUT2D eigenvalue weighted by Gasteiger charge is -2.04. The number of hydrogen-bond acceptors (Lipinski definition) is 4. The van der Waals surface area contributed by atoms with Crippen molar-refractivity contribution in [1.29, 1.82) is 0 Å². The van der Waals surface area contributed by atoms with Crippen LogP contribution in [0.15, 0.2) is 23.1 Å². The van der Waals surface area contributed by atoms with Crippen molar-refractivity contribution in [3.63, 3.8) is 0 Å². The average Bonchev–Trinajstić information content (AvgIpc) is 2.83. The minimum atomic E-state index is -0.415. The second-order valence-electron chi connectivity index (χ2n) is 4.52. The van der Waals surface area contributed by atoms with Crippen LogP contribution in [0.2, 0.25) is 0 Å². The van der Waals surface area contributed by atoms with Crippen LogP contribution in [0.5, 0.6) is 0 Å². The first-order valence-electron chi connectivity index (χ1n) is 5.87. The Labute approximate surface area is 109 Å². The van der Waals surface area contributed by atoms with Crippen molar-refractivity contribution in [2.45, 2.75) is 19.8 Å². The first-order valence-corrected chi connectivity index (χ1v) is 5.87. The highest BCUT2D eigenvalue weighted by molar-refractivity contribution is 6.01. The molecule has 2 N–H and O–H groups in total. The predicted octanol–water partition coefficient (Wildman–Crippen LogP) is 0.879. The van der Waals surface area contributed by atoms with Gasteiger partial charge in [0.1, 0.15) is 5.82 Å². The van der Waals surface area contributed by atoms with Crippen molar-refractivity contribution < 1.29 is 4.79 Å². The third-order valence-electron chi connectivity index (χ3n) is 2.60. The van der Waals surface area contributed by atoms with Gasteiger partial charge in [0.15, 0.2) is 0 Å². The molecule has 0 spiro atoms. The van der Waals surface area contributed by atoms with Gasteiger partial charge < -0.3 is 9.88 Å². The molecule has 0 bridgehead atoms. The molecule has 0 saturated carbocycles. The van der Waals surface area contributed by atoms with E-state index in [1.165, 1.54) is 22.9 Å². The lowest BCUT2D eigenvalue weighted by molar-refractivity contribution is 0.101. The molecule has 0 saturated heterocycles. The van der Waals surface area contributed by atoms with Gasteiger partial charge in [0.2, 0.25) is 11.4 Å². The SMILES string of the molecule is CC(C)c1nc(C(=O)Nc2ccc(=O)n(C)c2)n[nH]1. The molecule has 0 aliphatic heterocycles. The fraction of sp³-hybridized carbons (Fsp3) is 0.333. The lowest BCUT2D eigenvalue weighted by Crippen LogP contribution is -2.18. The highest BCUT2D eigenvalue weighted by atomic mass is 16.2. The Morgan fingerprint density at radius 3 is 2.74 bits per heavy atom. The molecule has 19 heavy (non-hydrogen) atoms. The summed E-state index contributed by atoms with van der Waals surface area (Å²) in [4.78, 5) is 27.2. The molecule has 2 aromatic heterocycles. The first kappa shape index (κ1) is 13.0. The predicted molar refractivity (Wildman–Crippen MR) is 70.1 cm³/mol. The monoisotopic (exact) mass is 261 g/mol. The third-order valence-corrected chi connectivity index (χ3v) is 2.60. The number of aromatic nitrogens is 4. The zero-order chi connectivity index (χ0) is 14.0. The summed E-state index contributed by atoms with van der Waals surface area (Å²) < 4.78 is 1.38. The maximum absolute atomic E-state index is 11.9. The molecule has 0 aliphatic carbocycles. The van der Waals surface area contributed by atoms with Crippen LogP contribution >= 0.6 is 0 Å². The molecule has 0 aliphatic rings. The topological polar surface area (TPSA) is 92.7 Å². The Hall–Kier alpha value is -2.44. The number of pyridine rings is 1. The summed E-state index contributed by atoms with van der Waals surface area (Å²) in [5, 5.41) is 9.21. The van der Waals surface area contributed by atoms with Gasteiger partial charge in [-0.15, -0.1) is 5.10 Å². The van der Waals surface area contributed by atoms with Gasteiger partial charge in [-0.3, -0.25) is 14.7 Å². The summed E-state index contributed by atoms with van der Waals surface area (Å²) in [7, 11) is 1.61. The van der Waals surface area contributed by atoms with Crippen LogP contribution in [0, 0.1) is 0 Å². The average molecular weight is 261 g/mol. The van der Waals surface area contributed by atoms with Crippen LogP contribution in [0.4, 0.5) is 5.69 Å². The Morgan fingerprint density at radius 2 is 2.16 bits per heavy atom. The highest BCUT2D eigenvalue weighted by Crippen LogP contribution is 2.09. The van der Waals surface area contributed by atoms with E-state index < -0.39 is 5.91 Å². The van der Waals surface area contributed by atoms with Crippen LogP contribution in [-0.2, 0) is 7.05 Å². The van der Waals surface area contributed by atoms with Crippen molar-refractivity contribution in [2.75, 3.05) is 5.32 Å². The molecule has 2 heterocycles. The number of H-pyrrole nitrogens is 1. The van der Waals surface area contributed by atoms with Crippen LogP contribution in [0.1, 0.15) is 36.2 Å². The number of carbonyl (C=O) groups is 1. The number of aryl methyl sites for hydroxylation is 1. The minimum Gasteiger partial charge on any atom is -0.318 e. The van der Waals surface area contributed by atoms with E-state index in [1.807, 2.05) is 13.8 Å². The zero-order valence-electron chi connectivity index (χ0n) is 11.0. The van der Waals surface area contributed by atoms with Gasteiger partial charge in [0.25, 0.3) is 5.91 Å². The molecule has 2 rings (SSSR count). The van der Waals surface area contributed by atoms with Crippen molar-refractivity contribution >= 4 is 11.6 Å². The standard InChI is InChI=1S/C12H15N5O2/c1-7(2)10-14-11(16-15-10)12(19)13-8-4-5-9(18)17(3)6-8/h4-7H,1-3H3,(H,13,19)(H,14,15,16).